The number of carbonyl (C=O) groups is 1. The largest absolute Gasteiger partial charge is 0.497 e. The Morgan fingerprint density at radius 3 is 2.35 bits per heavy atom. The Hall–Kier alpha value is -3.34. The average Bonchev–Trinajstić information content (AvgIpc) is 2.95. The molecule has 0 heterocycles. The van der Waals surface area contributed by atoms with E-state index in [-0.39, 0.29) is 30.2 Å². The van der Waals surface area contributed by atoms with Crippen molar-refractivity contribution >= 4 is 16.1 Å². The molecule has 0 bridgehead atoms. The maximum Gasteiger partial charge on any atom is 0.407 e. The molecule has 9 nitrogen and oxygen atoms in total. The molecular formula is C33H48N2O7S. The van der Waals surface area contributed by atoms with Crippen LogP contribution in [0.15, 0.2) is 78.7 Å². The second-order valence-electron chi connectivity index (χ2n) is 11.2. The number of carbonyl (C=O) groups excluding carboxylic acids is 1. The van der Waals surface area contributed by atoms with Gasteiger partial charge >= 0.3 is 6.09 Å². The molecule has 2 N–H and O–H groups in total. The lowest BCUT2D eigenvalue weighted by Crippen LogP contribution is -2.51. The molecule has 0 aliphatic heterocycles. The Bertz CT molecular complexity index is 1260. The molecule has 0 saturated carbocycles. The van der Waals surface area contributed by atoms with Crippen molar-refractivity contribution in [3.8, 4) is 11.5 Å². The molecule has 2 rings (SSSR count). The number of aliphatic hydroxyl groups is 1. The number of hydrogen-bond acceptors (Lipinski definition) is 7. The van der Waals surface area contributed by atoms with Crippen LogP contribution in [-0.4, -0.2) is 68.5 Å². The van der Waals surface area contributed by atoms with Gasteiger partial charge in [0.25, 0.3) is 0 Å². The molecule has 0 saturated heterocycles. The van der Waals surface area contributed by atoms with Crippen molar-refractivity contribution in [1.29, 1.82) is 0 Å². The van der Waals surface area contributed by atoms with Crippen LogP contribution >= 0.6 is 0 Å². The number of allylic oxidation sites excluding steroid dienone is 2. The van der Waals surface area contributed by atoms with Gasteiger partial charge in [0.1, 0.15) is 22.0 Å². The molecule has 43 heavy (non-hydrogen) atoms. The minimum atomic E-state index is -4.14. The highest BCUT2D eigenvalue weighted by atomic mass is 32.2. The molecule has 0 spiro atoms. The third-order valence-corrected chi connectivity index (χ3v) is 8.40. The fourth-order valence-corrected chi connectivity index (χ4v) is 5.93. The Labute approximate surface area is 257 Å². The Kier molecular flexibility index (Phi) is 14.8. The average molecular weight is 617 g/mol. The van der Waals surface area contributed by atoms with Gasteiger partial charge in [0, 0.05) is 19.2 Å². The van der Waals surface area contributed by atoms with Gasteiger partial charge in [0.05, 0.1) is 25.9 Å². The van der Waals surface area contributed by atoms with Crippen molar-refractivity contribution < 1.29 is 32.5 Å². The first-order valence-corrected chi connectivity index (χ1v) is 16.1. The van der Waals surface area contributed by atoms with Crippen LogP contribution in [0.25, 0.3) is 0 Å². The summed E-state index contributed by atoms with van der Waals surface area (Å²) in [6.07, 6.45) is 5.27. The number of unbranched alkanes of at least 4 members (excludes halogenated alkanes) is 3. The number of aliphatic hydroxyl groups excluding tert-OH is 1. The second-order valence-corrected chi connectivity index (χ2v) is 13.2. The number of amides is 1. The maximum absolute atomic E-state index is 14.2. The van der Waals surface area contributed by atoms with Crippen molar-refractivity contribution in [2.45, 2.75) is 81.9 Å². The minimum absolute atomic E-state index is 0.0254. The molecule has 2 atom stereocenters. The summed E-state index contributed by atoms with van der Waals surface area (Å²) >= 11 is 0. The fraction of sp³-hybridized carbons (Fsp3) is 0.485. The number of sulfonamides is 1. The molecule has 0 unspecified atom stereocenters. The maximum atomic E-state index is 14.2. The molecule has 238 valence electrons. The third kappa shape index (κ3) is 12.4. The summed E-state index contributed by atoms with van der Waals surface area (Å²) in [4.78, 5) is 12.7. The quantitative estimate of drug-likeness (QED) is 0.150. The molecular weight excluding hydrogens is 568 g/mol. The van der Waals surface area contributed by atoms with E-state index in [0.29, 0.717) is 25.2 Å². The summed E-state index contributed by atoms with van der Waals surface area (Å²) in [5.74, 6) is 0.626. The Balaban J connectivity index is 2.43. The van der Waals surface area contributed by atoms with Gasteiger partial charge in [0.2, 0.25) is 10.0 Å². The Morgan fingerprint density at radius 1 is 1.05 bits per heavy atom. The summed E-state index contributed by atoms with van der Waals surface area (Å²) in [7, 11) is -2.64. The molecule has 0 aliphatic rings. The van der Waals surface area contributed by atoms with Crippen molar-refractivity contribution in [3.05, 3.63) is 79.4 Å². The molecule has 1 amide bonds. The van der Waals surface area contributed by atoms with Crippen molar-refractivity contribution in [2.75, 3.05) is 26.8 Å². The molecule has 0 radical (unpaired) electrons. The van der Waals surface area contributed by atoms with Gasteiger partial charge in [-0.25, -0.2) is 13.2 Å². The zero-order chi connectivity index (χ0) is 31.9. The number of ether oxygens (including phenoxy) is 3. The lowest BCUT2D eigenvalue weighted by molar-refractivity contribution is 0.0402. The first kappa shape index (κ1) is 35.9. The van der Waals surface area contributed by atoms with Crippen LogP contribution < -0.4 is 14.8 Å². The van der Waals surface area contributed by atoms with Crippen LogP contribution in [0.4, 0.5) is 4.79 Å². The molecule has 0 aromatic heterocycles. The first-order valence-electron chi connectivity index (χ1n) is 14.7. The zero-order valence-corrected chi connectivity index (χ0v) is 26.8. The SMILES string of the molecule is C=CCCCCN(C[C@@H](O)[C@H](Cc1ccccc1)NC(=O)OC(C)(C)C)S(=O)(=O)c1ccc(OC)cc1OCCCC=C. The van der Waals surface area contributed by atoms with Crippen molar-refractivity contribution in [1.82, 2.24) is 9.62 Å². The third-order valence-electron chi connectivity index (χ3n) is 6.50. The standard InChI is InChI=1S/C33H48N2O7S/c1-7-9-11-15-21-35(43(38,39)31-20-19-27(40-6)24-30(31)41-22-16-10-8-2)25-29(36)28(23-26-17-13-12-14-18-26)34-32(37)42-33(3,4)5/h7-8,12-14,17-20,24,28-29,36H,1-2,9-11,15-16,21-23,25H2,3-6H3,(H,34,37)/t28-,29+/m0/s1. The summed E-state index contributed by atoms with van der Waals surface area (Å²) < 4.78 is 46.3. The normalized spacial score (nSPS) is 13.2. The van der Waals surface area contributed by atoms with Crippen molar-refractivity contribution in [3.63, 3.8) is 0 Å². The number of methoxy groups -OCH3 is 1. The predicted octanol–water partition coefficient (Wildman–Crippen LogP) is 5.88. The van der Waals surface area contributed by atoms with Crippen LogP contribution in [0.5, 0.6) is 11.5 Å². The van der Waals surface area contributed by atoms with E-state index in [9.17, 15) is 18.3 Å². The molecule has 2 aromatic rings. The van der Waals surface area contributed by atoms with Gasteiger partial charge in [0.15, 0.2) is 0 Å². The predicted molar refractivity (Wildman–Crippen MR) is 170 cm³/mol. The van der Waals surface area contributed by atoms with Gasteiger partial charge in [-0.15, -0.1) is 13.2 Å². The van der Waals surface area contributed by atoms with E-state index in [4.69, 9.17) is 14.2 Å². The van der Waals surface area contributed by atoms with Gasteiger partial charge in [-0.3, -0.25) is 0 Å². The Morgan fingerprint density at radius 2 is 1.72 bits per heavy atom. The second kappa shape index (κ2) is 17.7. The lowest BCUT2D eigenvalue weighted by Gasteiger charge is -2.31. The monoisotopic (exact) mass is 616 g/mol. The molecule has 0 fully saturated rings. The van der Waals surface area contributed by atoms with Gasteiger partial charge < -0.3 is 24.6 Å². The van der Waals surface area contributed by atoms with E-state index < -0.39 is 33.9 Å². The van der Waals surface area contributed by atoms with E-state index in [1.807, 2.05) is 30.3 Å². The van der Waals surface area contributed by atoms with E-state index in [0.717, 1.165) is 24.8 Å². The van der Waals surface area contributed by atoms with Crippen LogP contribution in [0.1, 0.15) is 58.4 Å². The van der Waals surface area contributed by atoms with E-state index in [2.05, 4.69) is 18.5 Å². The first-order chi connectivity index (χ1) is 20.4. The van der Waals surface area contributed by atoms with Crippen LogP contribution in [0.3, 0.4) is 0 Å². The summed E-state index contributed by atoms with van der Waals surface area (Å²) in [5.41, 5.74) is 0.122. The highest BCUT2D eigenvalue weighted by molar-refractivity contribution is 7.89. The lowest BCUT2D eigenvalue weighted by atomic mass is 10.0. The van der Waals surface area contributed by atoms with E-state index >= 15 is 0 Å². The molecule has 2 aromatic carbocycles. The molecule has 0 aliphatic carbocycles. The van der Waals surface area contributed by atoms with Crippen molar-refractivity contribution in [2.24, 2.45) is 0 Å². The number of alkyl carbamates (subject to hydrolysis) is 1. The summed E-state index contributed by atoms with van der Waals surface area (Å²) in [6, 6.07) is 13.1. The van der Waals surface area contributed by atoms with Crippen LogP contribution in [0.2, 0.25) is 0 Å². The van der Waals surface area contributed by atoms with Crippen LogP contribution in [-0.2, 0) is 21.2 Å². The van der Waals surface area contributed by atoms with Gasteiger partial charge in [-0.2, -0.15) is 4.31 Å². The topological polar surface area (TPSA) is 114 Å². The van der Waals surface area contributed by atoms with E-state index in [1.54, 1.807) is 45.1 Å². The number of hydrogen-bond donors (Lipinski definition) is 2. The highest BCUT2D eigenvalue weighted by Gasteiger charge is 2.33. The highest BCUT2D eigenvalue weighted by Crippen LogP contribution is 2.32. The van der Waals surface area contributed by atoms with E-state index in [1.165, 1.54) is 17.5 Å². The van der Waals surface area contributed by atoms with Gasteiger partial charge in [-0.1, -0.05) is 42.5 Å². The molecule has 10 heteroatoms. The number of rotatable bonds is 19. The van der Waals surface area contributed by atoms with Crippen LogP contribution in [0, 0.1) is 0 Å². The number of benzene rings is 2. The summed E-state index contributed by atoms with van der Waals surface area (Å²) in [6.45, 7) is 12.9. The number of nitrogens with one attached hydrogen (secondary N) is 1. The number of nitrogens with zero attached hydrogens (tertiary/aromatic N) is 1. The smallest absolute Gasteiger partial charge is 0.407 e. The fourth-order valence-electron chi connectivity index (χ4n) is 4.32. The summed E-state index contributed by atoms with van der Waals surface area (Å²) in [5, 5.41) is 14.3. The minimum Gasteiger partial charge on any atom is -0.497 e. The van der Waals surface area contributed by atoms with Gasteiger partial charge in [-0.05, 0) is 77.0 Å². The zero-order valence-electron chi connectivity index (χ0n) is 26.0.